The Balaban J connectivity index is 2.15. The minimum Gasteiger partial charge on any atom is -0.491 e. The van der Waals surface area contributed by atoms with E-state index in [9.17, 15) is 4.79 Å². The second-order valence-corrected chi connectivity index (χ2v) is 3.20. The van der Waals surface area contributed by atoms with Gasteiger partial charge in [0.25, 0.3) is 0 Å². The summed E-state index contributed by atoms with van der Waals surface area (Å²) in [5, 5.41) is 0. The monoisotopic (exact) mass is 224 g/mol. The molecule has 1 atom stereocenters. The highest BCUT2D eigenvalue weighted by Gasteiger charge is 2.12. The summed E-state index contributed by atoms with van der Waals surface area (Å²) in [5.41, 5.74) is 0. The van der Waals surface area contributed by atoms with Gasteiger partial charge >= 0.3 is 5.97 Å². The highest BCUT2D eigenvalue weighted by Crippen LogP contribution is 2.07. The molecule has 1 rings (SSSR count). The second kappa shape index (κ2) is 6.85. The van der Waals surface area contributed by atoms with Crippen LogP contribution in [0.3, 0.4) is 0 Å². The molecule has 16 heavy (non-hydrogen) atoms. The number of carbonyl (C=O) groups excluding carboxylic acids is 1. The number of benzene rings is 1. The van der Waals surface area contributed by atoms with Crippen LogP contribution < -0.4 is 4.74 Å². The summed E-state index contributed by atoms with van der Waals surface area (Å²) in [6, 6.07) is 9.44. The number of esters is 1. The van der Waals surface area contributed by atoms with E-state index >= 15 is 0 Å². The predicted molar refractivity (Wildman–Crippen MR) is 59.4 cm³/mol. The van der Waals surface area contributed by atoms with Gasteiger partial charge in [0, 0.05) is 0 Å². The maximum Gasteiger partial charge on any atom is 0.334 e. The Morgan fingerprint density at radius 3 is 2.56 bits per heavy atom. The van der Waals surface area contributed by atoms with Crippen LogP contribution >= 0.6 is 0 Å². The van der Waals surface area contributed by atoms with Crippen molar-refractivity contribution in [3.8, 4) is 5.75 Å². The van der Waals surface area contributed by atoms with Crippen molar-refractivity contribution >= 4 is 5.97 Å². The van der Waals surface area contributed by atoms with Gasteiger partial charge in [-0.15, -0.1) is 0 Å². The van der Waals surface area contributed by atoms with Crippen LogP contribution in [0.5, 0.6) is 5.75 Å². The third kappa shape index (κ3) is 4.31. The average molecular weight is 224 g/mol. The molecule has 0 radical (unpaired) electrons. The molecule has 0 saturated carbocycles. The molecule has 0 amide bonds. The van der Waals surface area contributed by atoms with E-state index in [-0.39, 0.29) is 5.97 Å². The van der Waals surface area contributed by atoms with Crippen molar-refractivity contribution in [3.05, 3.63) is 30.3 Å². The highest BCUT2D eigenvalue weighted by atomic mass is 16.6. The van der Waals surface area contributed by atoms with Crippen molar-refractivity contribution in [2.45, 2.75) is 13.0 Å². The largest absolute Gasteiger partial charge is 0.491 e. The summed E-state index contributed by atoms with van der Waals surface area (Å²) in [6.45, 7) is 2.41. The molecule has 0 spiro atoms. The van der Waals surface area contributed by atoms with Crippen LogP contribution in [0, 0.1) is 0 Å². The zero-order valence-electron chi connectivity index (χ0n) is 9.51. The summed E-state index contributed by atoms with van der Waals surface area (Å²) in [6.07, 6.45) is -0.552. The van der Waals surface area contributed by atoms with Crippen molar-refractivity contribution in [2.24, 2.45) is 0 Å². The number of carbonyl (C=O) groups is 1. The van der Waals surface area contributed by atoms with E-state index in [2.05, 4.69) is 4.74 Å². The molecule has 0 N–H and O–H groups in total. The van der Waals surface area contributed by atoms with E-state index in [1.807, 2.05) is 30.3 Å². The van der Waals surface area contributed by atoms with E-state index in [0.29, 0.717) is 13.2 Å². The van der Waals surface area contributed by atoms with E-state index in [1.165, 1.54) is 7.11 Å². The molecule has 4 heteroatoms. The van der Waals surface area contributed by atoms with Gasteiger partial charge < -0.3 is 14.2 Å². The summed E-state index contributed by atoms with van der Waals surface area (Å²) < 4.78 is 15.1. The van der Waals surface area contributed by atoms with Gasteiger partial charge in [0.2, 0.25) is 0 Å². The Morgan fingerprint density at radius 2 is 1.94 bits per heavy atom. The normalized spacial score (nSPS) is 11.9. The first-order valence-electron chi connectivity index (χ1n) is 5.11. The smallest absolute Gasteiger partial charge is 0.334 e. The van der Waals surface area contributed by atoms with E-state index in [4.69, 9.17) is 9.47 Å². The molecule has 0 fully saturated rings. The third-order valence-electron chi connectivity index (χ3n) is 2.00. The van der Waals surface area contributed by atoms with Gasteiger partial charge in [-0.2, -0.15) is 0 Å². The lowest BCUT2D eigenvalue weighted by Crippen LogP contribution is -2.24. The molecule has 0 bridgehead atoms. The summed E-state index contributed by atoms with van der Waals surface area (Å²) in [5.74, 6) is 0.413. The summed E-state index contributed by atoms with van der Waals surface area (Å²) in [7, 11) is 1.34. The molecule has 0 aliphatic rings. The van der Waals surface area contributed by atoms with Gasteiger partial charge in [-0.25, -0.2) is 4.79 Å². The first-order valence-corrected chi connectivity index (χ1v) is 5.11. The zero-order chi connectivity index (χ0) is 11.8. The minimum atomic E-state index is -0.552. The van der Waals surface area contributed by atoms with Crippen molar-refractivity contribution in [3.63, 3.8) is 0 Å². The van der Waals surface area contributed by atoms with Gasteiger partial charge in [-0.1, -0.05) is 18.2 Å². The Morgan fingerprint density at radius 1 is 1.25 bits per heavy atom. The molecule has 0 saturated heterocycles. The lowest BCUT2D eigenvalue weighted by Gasteiger charge is -2.11. The fourth-order valence-electron chi connectivity index (χ4n) is 1.14. The molecular weight excluding hydrogens is 208 g/mol. The van der Waals surface area contributed by atoms with Crippen molar-refractivity contribution in [2.75, 3.05) is 20.3 Å². The van der Waals surface area contributed by atoms with Crippen molar-refractivity contribution < 1.29 is 19.0 Å². The number of hydrogen-bond donors (Lipinski definition) is 0. The van der Waals surface area contributed by atoms with Gasteiger partial charge in [0.15, 0.2) is 6.10 Å². The SMILES string of the molecule is COC(=O)C(C)OCCOc1ccccc1. The number of methoxy groups -OCH3 is 1. The molecule has 1 aromatic carbocycles. The van der Waals surface area contributed by atoms with Crippen LogP contribution in [0.15, 0.2) is 30.3 Å². The molecule has 1 aromatic rings. The quantitative estimate of drug-likeness (QED) is 0.544. The highest BCUT2D eigenvalue weighted by molar-refractivity contribution is 5.73. The summed E-state index contributed by atoms with van der Waals surface area (Å²) >= 11 is 0. The first-order chi connectivity index (χ1) is 7.74. The van der Waals surface area contributed by atoms with Crippen LogP contribution in [-0.2, 0) is 14.3 Å². The van der Waals surface area contributed by atoms with Crippen LogP contribution in [-0.4, -0.2) is 32.4 Å². The van der Waals surface area contributed by atoms with Crippen molar-refractivity contribution in [1.29, 1.82) is 0 Å². The second-order valence-electron chi connectivity index (χ2n) is 3.20. The zero-order valence-corrected chi connectivity index (χ0v) is 9.51. The van der Waals surface area contributed by atoms with Crippen LogP contribution in [0.1, 0.15) is 6.92 Å². The number of hydrogen-bond acceptors (Lipinski definition) is 4. The van der Waals surface area contributed by atoms with E-state index < -0.39 is 6.10 Å². The lowest BCUT2D eigenvalue weighted by molar-refractivity contribution is -0.153. The van der Waals surface area contributed by atoms with E-state index in [0.717, 1.165) is 5.75 Å². The minimum absolute atomic E-state index is 0.352. The molecule has 0 heterocycles. The summed E-state index contributed by atoms with van der Waals surface area (Å²) in [4.78, 5) is 11.0. The lowest BCUT2D eigenvalue weighted by atomic mass is 10.3. The molecule has 0 aliphatic carbocycles. The van der Waals surface area contributed by atoms with Crippen LogP contribution in [0.25, 0.3) is 0 Å². The fourth-order valence-corrected chi connectivity index (χ4v) is 1.14. The number of ether oxygens (including phenoxy) is 3. The van der Waals surface area contributed by atoms with Gasteiger partial charge in [0.05, 0.1) is 13.7 Å². The number of rotatable bonds is 6. The molecule has 1 unspecified atom stereocenters. The van der Waals surface area contributed by atoms with Crippen molar-refractivity contribution in [1.82, 2.24) is 0 Å². The Labute approximate surface area is 95.1 Å². The molecule has 0 aromatic heterocycles. The maximum absolute atomic E-state index is 11.0. The van der Waals surface area contributed by atoms with Crippen LogP contribution in [0.4, 0.5) is 0 Å². The third-order valence-corrected chi connectivity index (χ3v) is 2.00. The number of para-hydroxylation sites is 1. The molecule has 0 aliphatic heterocycles. The van der Waals surface area contributed by atoms with Gasteiger partial charge in [-0.05, 0) is 19.1 Å². The molecule has 4 nitrogen and oxygen atoms in total. The molecular formula is C12H16O4. The Bertz CT molecular complexity index is 310. The maximum atomic E-state index is 11.0. The fraction of sp³-hybridized carbons (Fsp3) is 0.417. The Hall–Kier alpha value is -1.55. The van der Waals surface area contributed by atoms with Gasteiger partial charge in [0.1, 0.15) is 12.4 Å². The topological polar surface area (TPSA) is 44.8 Å². The van der Waals surface area contributed by atoms with Gasteiger partial charge in [-0.3, -0.25) is 0 Å². The Kier molecular flexibility index (Phi) is 5.36. The molecule has 88 valence electrons. The average Bonchev–Trinajstić information content (AvgIpc) is 2.34. The standard InChI is InChI=1S/C12H16O4/c1-10(12(13)14-2)15-8-9-16-11-6-4-3-5-7-11/h3-7,10H,8-9H2,1-2H3. The predicted octanol–water partition coefficient (Wildman–Crippen LogP) is 1.64. The van der Waals surface area contributed by atoms with Crippen LogP contribution in [0.2, 0.25) is 0 Å². The van der Waals surface area contributed by atoms with E-state index in [1.54, 1.807) is 6.92 Å². The first kappa shape index (κ1) is 12.5.